The number of carbonyl (C=O) groups is 3. The molecule has 27 heavy (non-hydrogen) atoms. The van der Waals surface area contributed by atoms with Crippen molar-refractivity contribution in [2.45, 2.75) is 57.9 Å². The van der Waals surface area contributed by atoms with E-state index >= 15 is 0 Å². The molecule has 0 aliphatic heterocycles. The van der Waals surface area contributed by atoms with E-state index in [2.05, 4.69) is 10.6 Å². The summed E-state index contributed by atoms with van der Waals surface area (Å²) in [6, 6.07) is 7.70. The van der Waals surface area contributed by atoms with Crippen molar-refractivity contribution in [3.8, 4) is 0 Å². The van der Waals surface area contributed by atoms with Gasteiger partial charge < -0.3 is 15.5 Å². The second kappa shape index (κ2) is 9.02. The fourth-order valence-electron chi connectivity index (χ4n) is 3.67. The van der Waals surface area contributed by atoms with Crippen LogP contribution in [0.15, 0.2) is 24.3 Å². The molecule has 0 unspecified atom stereocenters. The third-order valence-corrected chi connectivity index (χ3v) is 5.29. The molecule has 2 aliphatic rings. The number of hydrogen-bond donors (Lipinski definition) is 2. The van der Waals surface area contributed by atoms with E-state index in [1.54, 1.807) is 4.90 Å². The molecule has 3 rings (SSSR count). The predicted octanol–water partition coefficient (Wildman–Crippen LogP) is 2.62. The Kier molecular flexibility index (Phi) is 6.48. The molecule has 3 amide bonds. The van der Waals surface area contributed by atoms with E-state index in [1.165, 1.54) is 6.42 Å². The number of anilines is 1. The fourth-order valence-corrected chi connectivity index (χ4v) is 3.67. The molecule has 2 N–H and O–H groups in total. The Hall–Kier alpha value is -2.37. The van der Waals surface area contributed by atoms with Crippen LogP contribution in [0.4, 0.5) is 5.69 Å². The lowest BCUT2D eigenvalue weighted by molar-refractivity contribution is -0.141. The summed E-state index contributed by atoms with van der Waals surface area (Å²) in [4.78, 5) is 38.9. The Morgan fingerprint density at radius 3 is 2.44 bits per heavy atom. The minimum absolute atomic E-state index is 0.0533. The molecule has 0 spiro atoms. The van der Waals surface area contributed by atoms with Crippen LogP contribution in [0.1, 0.15) is 50.5 Å². The number of carbonyl (C=O) groups excluding carboxylic acids is 3. The largest absolute Gasteiger partial charge is 0.345 e. The summed E-state index contributed by atoms with van der Waals surface area (Å²) >= 11 is 0. The Morgan fingerprint density at radius 2 is 1.78 bits per heavy atom. The maximum atomic E-state index is 12.8. The van der Waals surface area contributed by atoms with Crippen molar-refractivity contribution in [2.75, 3.05) is 18.4 Å². The first-order valence-electron chi connectivity index (χ1n) is 9.96. The van der Waals surface area contributed by atoms with Gasteiger partial charge in [-0.3, -0.25) is 14.4 Å². The van der Waals surface area contributed by atoms with Crippen LogP contribution in [0.25, 0.3) is 0 Å². The van der Waals surface area contributed by atoms with Gasteiger partial charge >= 0.3 is 0 Å². The zero-order chi connectivity index (χ0) is 19.2. The van der Waals surface area contributed by atoms with Crippen LogP contribution < -0.4 is 10.6 Å². The van der Waals surface area contributed by atoms with Crippen LogP contribution in [0.3, 0.4) is 0 Å². The molecule has 6 nitrogen and oxygen atoms in total. The SMILES string of the molecule is Cc1cccc(NC(=O)CNC(=O)CN(C(=O)C2CCCCC2)C2CC2)c1. The van der Waals surface area contributed by atoms with Crippen molar-refractivity contribution in [2.24, 2.45) is 5.92 Å². The molecule has 0 bridgehead atoms. The van der Waals surface area contributed by atoms with E-state index in [0.29, 0.717) is 5.69 Å². The molecule has 2 saturated carbocycles. The van der Waals surface area contributed by atoms with E-state index in [9.17, 15) is 14.4 Å². The van der Waals surface area contributed by atoms with Crippen molar-refractivity contribution in [3.05, 3.63) is 29.8 Å². The quantitative estimate of drug-likeness (QED) is 0.773. The van der Waals surface area contributed by atoms with Crippen LogP contribution >= 0.6 is 0 Å². The summed E-state index contributed by atoms with van der Waals surface area (Å²) < 4.78 is 0. The smallest absolute Gasteiger partial charge is 0.243 e. The molecule has 2 fully saturated rings. The third-order valence-electron chi connectivity index (χ3n) is 5.29. The molecule has 0 saturated heterocycles. The van der Waals surface area contributed by atoms with Gasteiger partial charge in [0.05, 0.1) is 13.1 Å². The number of aryl methyl sites for hydroxylation is 1. The van der Waals surface area contributed by atoms with Gasteiger partial charge in [0.1, 0.15) is 0 Å². The van der Waals surface area contributed by atoms with Crippen molar-refractivity contribution in [3.63, 3.8) is 0 Å². The Labute approximate surface area is 160 Å². The first kappa shape index (κ1) is 19.4. The van der Waals surface area contributed by atoms with Gasteiger partial charge in [-0.2, -0.15) is 0 Å². The van der Waals surface area contributed by atoms with Gasteiger partial charge in [0, 0.05) is 17.6 Å². The van der Waals surface area contributed by atoms with E-state index in [4.69, 9.17) is 0 Å². The van der Waals surface area contributed by atoms with Gasteiger partial charge in [0.25, 0.3) is 0 Å². The Balaban J connectivity index is 1.46. The molecule has 2 aliphatic carbocycles. The van der Waals surface area contributed by atoms with Crippen molar-refractivity contribution in [1.29, 1.82) is 0 Å². The zero-order valence-corrected chi connectivity index (χ0v) is 16.0. The second-order valence-electron chi connectivity index (χ2n) is 7.73. The Bertz CT molecular complexity index is 694. The lowest BCUT2D eigenvalue weighted by atomic mass is 9.88. The van der Waals surface area contributed by atoms with Crippen molar-refractivity contribution < 1.29 is 14.4 Å². The standard InChI is InChI=1S/C21H29N3O3/c1-15-6-5-9-17(12-15)23-19(25)13-22-20(26)14-24(18-10-11-18)21(27)16-7-3-2-4-8-16/h5-6,9,12,16,18H,2-4,7-8,10-11,13-14H2,1H3,(H,22,26)(H,23,25). The maximum absolute atomic E-state index is 12.8. The van der Waals surface area contributed by atoms with E-state index < -0.39 is 0 Å². The topological polar surface area (TPSA) is 78.5 Å². The number of nitrogens with one attached hydrogen (secondary N) is 2. The number of amides is 3. The molecule has 6 heteroatoms. The summed E-state index contributed by atoms with van der Waals surface area (Å²) in [6.07, 6.45) is 7.20. The number of nitrogens with zero attached hydrogens (tertiary/aromatic N) is 1. The molecule has 0 atom stereocenters. The Morgan fingerprint density at radius 1 is 1.04 bits per heavy atom. The molecule has 1 aromatic rings. The highest BCUT2D eigenvalue weighted by Gasteiger charge is 2.37. The summed E-state index contributed by atoms with van der Waals surface area (Å²) in [6.45, 7) is 1.91. The molecule has 146 valence electrons. The van der Waals surface area contributed by atoms with Crippen LogP contribution in [0.2, 0.25) is 0 Å². The highest BCUT2D eigenvalue weighted by molar-refractivity contribution is 5.95. The molecule has 1 aromatic carbocycles. The summed E-state index contributed by atoms with van der Waals surface area (Å²) in [5, 5.41) is 5.41. The fraction of sp³-hybridized carbons (Fsp3) is 0.571. The van der Waals surface area contributed by atoms with Crippen LogP contribution in [-0.4, -0.2) is 41.8 Å². The summed E-state index contributed by atoms with van der Waals surface area (Å²) in [5.74, 6) is -0.357. The van der Waals surface area contributed by atoms with E-state index in [0.717, 1.165) is 44.1 Å². The summed E-state index contributed by atoms with van der Waals surface area (Å²) in [7, 11) is 0. The minimum Gasteiger partial charge on any atom is -0.345 e. The third kappa shape index (κ3) is 5.81. The maximum Gasteiger partial charge on any atom is 0.243 e. The van der Waals surface area contributed by atoms with E-state index in [-0.39, 0.29) is 42.8 Å². The molecule has 0 aromatic heterocycles. The highest BCUT2D eigenvalue weighted by Crippen LogP contribution is 2.32. The normalized spacial score (nSPS) is 17.2. The van der Waals surface area contributed by atoms with Gasteiger partial charge in [-0.25, -0.2) is 0 Å². The monoisotopic (exact) mass is 371 g/mol. The predicted molar refractivity (Wildman–Crippen MR) is 104 cm³/mol. The van der Waals surface area contributed by atoms with Crippen LogP contribution in [0, 0.1) is 12.8 Å². The average Bonchev–Trinajstić information content (AvgIpc) is 3.50. The van der Waals surface area contributed by atoms with Gasteiger partial charge in [0.2, 0.25) is 17.7 Å². The van der Waals surface area contributed by atoms with Gasteiger partial charge in [0.15, 0.2) is 0 Å². The minimum atomic E-state index is -0.273. The molecule has 0 radical (unpaired) electrons. The lowest BCUT2D eigenvalue weighted by Crippen LogP contribution is -2.46. The number of benzene rings is 1. The summed E-state index contributed by atoms with van der Waals surface area (Å²) in [5.41, 5.74) is 1.76. The molecule has 0 heterocycles. The van der Waals surface area contributed by atoms with Gasteiger partial charge in [-0.05, 0) is 50.3 Å². The van der Waals surface area contributed by atoms with Crippen LogP contribution in [0.5, 0.6) is 0 Å². The highest BCUT2D eigenvalue weighted by atomic mass is 16.2. The first-order chi connectivity index (χ1) is 13.0. The van der Waals surface area contributed by atoms with Crippen LogP contribution in [-0.2, 0) is 14.4 Å². The van der Waals surface area contributed by atoms with Gasteiger partial charge in [-0.1, -0.05) is 31.4 Å². The van der Waals surface area contributed by atoms with E-state index in [1.807, 2.05) is 31.2 Å². The van der Waals surface area contributed by atoms with Crippen molar-refractivity contribution >= 4 is 23.4 Å². The van der Waals surface area contributed by atoms with Crippen molar-refractivity contribution in [1.82, 2.24) is 10.2 Å². The van der Waals surface area contributed by atoms with Gasteiger partial charge in [-0.15, -0.1) is 0 Å². The number of hydrogen-bond acceptors (Lipinski definition) is 3. The number of rotatable bonds is 7. The first-order valence-corrected chi connectivity index (χ1v) is 9.96. The zero-order valence-electron chi connectivity index (χ0n) is 16.0. The second-order valence-corrected chi connectivity index (χ2v) is 7.73. The molecular weight excluding hydrogens is 342 g/mol. The molecular formula is C21H29N3O3. The lowest BCUT2D eigenvalue weighted by Gasteiger charge is -2.29. The average molecular weight is 371 g/mol.